The molecule has 1 aromatic heterocycles. The van der Waals surface area contributed by atoms with Crippen molar-refractivity contribution in [2.75, 3.05) is 11.9 Å². The highest BCUT2D eigenvalue weighted by Gasteiger charge is 2.30. The predicted molar refractivity (Wildman–Crippen MR) is 135 cm³/mol. The summed E-state index contributed by atoms with van der Waals surface area (Å²) in [6, 6.07) is 13.9. The number of aryl methyl sites for hydroxylation is 2. The van der Waals surface area contributed by atoms with Crippen LogP contribution in [0.15, 0.2) is 42.5 Å². The number of nitrogens with one attached hydrogen (secondary N) is 1. The number of rotatable bonds is 6. The zero-order chi connectivity index (χ0) is 24.4. The van der Waals surface area contributed by atoms with E-state index in [-0.39, 0.29) is 5.91 Å². The Hall–Kier alpha value is -3.25. The van der Waals surface area contributed by atoms with Gasteiger partial charge >= 0.3 is 5.97 Å². The summed E-state index contributed by atoms with van der Waals surface area (Å²) in [4.78, 5) is 33.8. The van der Waals surface area contributed by atoms with Crippen LogP contribution in [0.1, 0.15) is 59.9 Å². The van der Waals surface area contributed by atoms with Gasteiger partial charge in [0.15, 0.2) is 6.10 Å². The molecular formula is C28H33N3O3. The fourth-order valence-corrected chi connectivity index (χ4v) is 4.48. The maximum atomic E-state index is 13.6. The van der Waals surface area contributed by atoms with E-state index in [0.29, 0.717) is 24.6 Å². The molecule has 0 bridgehead atoms. The average molecular weight is 460 g/mol. The molecule has 1 aliphatic heterocycles. The number of carbonyl (C=O) groups excluding carboxylic acids is 2. The van der Waals surface area contributed by atoms with E-state index in [2.05, 4.69) is 24.1 Å². The molecule has 34 heavy (non-hydrogen) atoms. The molecule has 3 aromatic rings. The number of carbonyl (C=O) groups is 2. The van der Waals surface area contributed by atoms with Crippen LogP contribution in [0, 0.1) is 13.8 Å². The summed E-state index contributed by atoms with van der Waals surface area (Å²) in [6.45, 7) is 11.6. The highest BCUT2D eigenvalue weighted by Crippen LogP contribution is 2.30. The van der Waals surface area contributed by atoms with E-state index >= 15 is 0 Å². The highest BCUT2D eigenvalue weighted by atomic mass is 16.5. The largest absolute Gasteiger partial charge is 0.449 e. The van der Waals surface area contributed by atoms with Crippen LogP contribution in [-0.2, 0) is 22.5 Å². The van der Waals surface area contributed by atoms with Gasteiger partial charge in [0, 0.05) is 47.9 Å². The maximum absolute atomic E-state index is 13.6. The Morgan fingerprint density at radius 1 is 1.15 bits per heavy atom. The number of pyridine rings is 1. The Kier molecular flexibility index (Phi) is 6.98. The molecule has 178 valence electrons. The average Bonchev–Trinajstić information content (AvgIpc) is 2.82. The minimum Gasteiger partial charge on any atom is -0.449 e. The number of fused-ring (bicyclic) bond motifs is 2. The third kappa shape index (κ3) is 4.82. The van der Waals surface area contributed by atoms with Gasteiger partial charge in [0.25, 0.3) is 5.91 Å². The molecule has 1 atom stereocenters. The van der Waals surface area contributed by atoms with Crippen molar-refractivity contribution in [1.82, 2.24) is 9.88 Å². The van der Waals surface area contributed by atoms with Gasteiger partial charge in [-0.15, -0.1) is 0 Å². The first kappa shape index (κ1) is 23.9. The van der Waals surface area contributed by atoms with Gasteiger partial charge in [-0.05, 0) is 57.4 Å². The molecule has 2 heterocycles. The lowest BCUT2D eigenvalue weighted by Crippen LogP contribution is -2.38. The normalized spacial score (nSPS) is 14.6. The maximum Gasteiger partial charge on any atom is 0.340 e. The van der Waals surface area contributed by atoms with Crippen LogP contribution in [0.2, 0.25) is 0 Å². The first-order valence-corrected chi connectivity index (χ1v) is 12.0. The molecule has 0 spiro atoms. The van der Waals surface area contributed by atoms with Gasteiger partial charge in [0.2, 0.25) is 0 Å². The van der Waals surface area contributed by atoms with Gasteiger partial charge < -0.3 is 10.1 Å². The summed E-state index contributed by atoms with van der Waals surface area (Å²) >= 11 is 0. The van der Waals surface area contributed by atoms with E-state index in [4.69, 9.17) is 9.72 Å². The predicted octanol–water partition coefficient (Wildman–Crippen LogP) is 5.19. The molecule has 2 aromatic carbocycles. The van der Waals surface area contributed by atoms with E-state index < -0.39 is 12.1 Å². The van der Waals surface area contributed by atoms with E-state index in [0.717, 1.165) is 51.9 Å². The van der Waals surface area contributed by atoms with Crippen molar-refractivity contribution in [2.24, 2.45) is 0 Å². The minimum absolute atomic E-state index is 0.319. The molecule has 4 rings (SSSR count). The zero-order valence-electron chi connectivity index (χ0n) is 20.6. The molecule has 1 amide bonds. The minimum atomic E-state index is -0.889. The number of hydrogen-bond acceptors (Lipinski definition) is 5. The number of anilines is 1. The summed E-state index contributed by atoms with van der Waals surface area (Å²) in [5.41, 5.74) is 5.91. The first-order valence-electron chi connectivity index (χ1n) is 12.0. The molecule has 0 fully saturated rings. The van der Waals surface area contributed by atoms with Crippen molar-refractivity contribution in [3.05, 3.63) is 70.4 Å². The van der Waals surface area contributed by atoms with Crippen LogP contribution >= 0.6 is 0 Å². The summed E-state index contributed by atoms with van der Waals surface area (Å²) in [6.07, 6.45) is 0.272. The number of esters is 1. The fraction of sp³-hybridized carbons (Fsp3) is 0.393. The van der Waals surface area contributed by atoms with Gasteiger partial charge in [-0.1, -0.05) is 37.3 Å². The smallest absolute Gasteiger partial charge is 0.340 e. The number of amides is 1. The number of nitrogens with zero attached hydrogens (tertiary/aromatic N) is 2. The van der Waals surface area contributed by atoms with Crippen molar-refractivity contribution in [3.8, 4) is 0 Å². The third-order valence-corrected chi connectivity index (χ3v) is 6.57. The van der Waals surface area contributed by atoms with Crippen LogP contribution in [-0.4, -0.2) is 40.5 Å². The molecule has 0 saturated carbocycles. The summed E-state index contributed by atoms with van der Waals surface area (Å²) in [5, 5.41) is 3.71. The van der Waals surface area contributed by atoms with E-state index in [9.17, 15) is 9.59 Å². The quantitative estimate of drug-likeness (QED) is 0.514. The van der Waals surface area contributed by atoms with Gasteiger partial charge in [-0.25, -0.2) is 4.79 Å². The Labute approximate surface area is 201 Å². The molecule has 1 aliphatic rings. The van der Waals surface area contributed by atoms with Crippen molar-refractivity contribution in [2.45, 2.75) is 66.2 Å². The zero-order valence-corrected chi connectivity index (χ0v) is 20.6. The number of para-hydroxylation sites is 1. The third-order valence-electron chi connectivity index (χ3n) is 6.57. The van der Waals surface area contributed by atoms with Crippen LogP contribution in [0.4, 0.5) is 5.69 Å². The fourth-order valence-electron chi connectivity index (χ4n) is 4.48. The van der Waals surface area contributed by atoms with Crippen molar-refractivity contribution < 1.29 is 14.3 Å². The van der Waals surface area contributed by atoms with Crippen LogP contribution < -0.4 is 5.32 Å². The van der Waals surface area contributed by atoms with Crippen molar-refractivity contribution >= 4 is 28.5 Å². The van der Waals surface area contributed by atoms with Crippen LogP contribution in [0.25, 0.3) is 10.9 Å². The van der Waals surface area contributed by atoms with Crippen molar-refractivity contribution in [3.63, 3.8) is 0 Å². The van der Waals surface area contributed by atoms with E-state index in [1.165, 1.54) is 0 Å². The topological polar surface area (TPSA) is 71.5 Å². The standard InChI is InChI=1S/C28H33N3O3/c1-6-25(27(32)30-24-15-18(4)11-12-19(24)5)34-28(33)26-20-9-7-8-10-22(20)29-23-13-14-31(17(2)3)16-21(23)26/h7-12,15,17,25H,6,13-14,16H2,1-5H3,(H,30,32). The lowest BCUT2D eigenvalue weighted by Gasteiger charge is -2.32. The van der Waals surface area contributed by atoms with Crippen LogP contribution in [0.3, 0.4) is 0 Å². The Morgan fingerprint density at radius 3 is 2.65 bits per heavy atom. The molecule has 0 saturated heterocycles. The monoisotopic (exact) mass is 459 g/mol. The van der Waals surface area contributed by atoms with Gasteiger partial charge in [-0.3, -0.25) is 14.7 Å². The molecule has 0 aliphatic carbocycles. The van der Waals surface area contributed by atoms with Gasteiger partial charge in [-0.2, -0.15) is 0 Å². The number of aromatic nitrogens is 1. The summed E-state index contributed by atoms with van der Waals surface area (Å²) < 4.78 is 5.86. The van der Waals surface area contributed by atoms with Gasteiger partial charge in [0.05, 0.1) is 11.1 Å². The highest BCUT2D eigenvalue weighted by molar-refractivity contribution is 6.06. The van der Waals surface area contributed by atoms with E-state index in [1.54, 1.807) is 0 Å². The van der Waals surface area contributed by atoms with Crippen molar-refractivity contribution in [1.29, 1.82) is 0 Å². The van der Waals surface area contributed by atoms with Gasteiger partial charge in [0.1, 0.15) is 0 Å². The second-order valence-corrected chi connectivity index (χ2v) is 9.35. The number of hydrogen-bond donors (Lipinski definition) is 1. The number of benzene rings is 2. The Balaban J connectivity index is 1.66. The lowest BCUT2D eigenvalue weighted by atomic mass is 9.95. The molecule has 6 nitrogen and oxygen atoms in total. The lowest BCUT2D eigenvalue weighted by molar-refractivity contribution is -0.124. The van der Waals surface area contributed by atoms with E-state index in [1.807, 2.05) is 63.2 Å². The Bertz CT molecular complexity index is 1240. The second-order valence-electron chi connectivity index (χ2n) is 9.35. The Morgan fingerprint density at radius 2 is 1.91 bits per heavy atom. The molecule has 1 unspecified atom stereocenters. The SMILES string of the molecule is CCC(OC(=O)c1c2c(nc3ccccc13)CCN(C(C)C)C2)C(=O)Nc1cc(C)ccc1C. The second kappa shape index (κ2) is 9.94. The molecule has 0 radical (unpaired) electrons. The number of ether oxygens (including phenoxy) is 1. The first-order chi connectivity index (χ1) is 16.3. The molecule has 1 N–H and O–H groups in total. The molecule has 6 heteroatoms. The molecular weight excluding hydrogens is 426 g/mol. The summed E-state index contributed by atoms with van der Waals surface area (Å²) in [7, 11) is 0. The summed E-state index contributed by atoms with van der Waals surface area (Å²) in [5.74, 6) is -0.788. The van der Waals surface area contributed by atoms with Crippen LogP contribution in [0.5, 0.6) is 0 Å².